The van der Waals surface area contributed by atoms with Gasteiger partial charge in [0.15, 0.2) is 0 Å². The molecule has 1 rings (SSSR count). The van der Waals surface area contributed by atoms with Gasteiger partial charge in [0.1, 0.15) is 12.4 Å². The quantitative estimate of drug-likeness (QED) is 0.569. The molecule has 0 spiro atoms. The highest BCUT2D eigenvalue weighted by Crippen LogP contribution is 2.11. The van der Waals surface area contributed by atoms with Crippen LogP contribution in [0, 0.1) is 11.8 Å². The summed E-state index contributed by atoms with van der Waals surface area (Å²) in [5.74, 6) is 6.58. The van der Waals surface area contributed by atoms with Crippen molar-refractivity contribution in [3.8, 4) is 17.6 Å². The lowest BCUT2D eigenvalue weighted by Crippen LogP contribution is -2.10. The van der Waals surface area contributed by atoms with Gasteiger partial charge in [0.05, 0.1) is 26.4 Å². The van der Waals surface area contributed by atoms with Crippen molar-refractivity contribution in [1.82, 2.24) is 0 Å². The van der Waals surface area contributed by atoms with Crippen LogP contribution in [-0.4, -0.2) is 39.6 Å². The molecule has 0 radical (unpaired) electrons. The van der Waals surface area contributed by atoms with E-state index < -0.39 is 0 Å². The number of ether oxygens (including phenoxy) is 3. The van der Waals surface area contributed by atoms with Gasteiger partial charge in [-0.2, -0.15) is 0 Å². The zero-order valence-electron chi connectivity index (χ0n) is 11.4. The van der Waals surface area contributed by atoms with Gasteiger partial charge in [0.2, 0.25) is 0 Å². The molecule has 0 aliphatic rings. The van der Waals surface area contributed by atoms with E-state index in [1.54, 1.807) is 0 Å². The summed E-state index contributed by atoms with van der Waals surface area (Å²) >= 11 is 0. The highest BCUT2D eigenvalue weighted by atomic mass is 16.5. The highest BCUT2D eigenvalue weighted by Gasteiger charge is 1.94. The van der Waals surface area contributed by atoms with E-state index in [0.717, 1.165) is 17.9 Å². The van der Waals surface area contributed by atoms with Crippen molar-refractivity contribution >= 4 is 0 Å². The van der Waals surface area contributed by atoms with Crippen molar-refractivity contribution in [2.45, 2.75) is 6.92 Å². The predicted octanol–water partition coefficient (Wildman–Crippen LogP) is 1.43. The van der Waals surface area contributed by atoms with Crippen LogP contribution in [0.25, 0.3) is 0 Å². The lowest BCUT2D eigenvalue weighted by Gasteiger charge is -2.07. The Morgan fingerprint density at radius 1 is 1.00 bits per heavy atom. The van der Waals surface area contributed by atoms with Gasteiger partial charge in [-0.05, 0) is 31.2 Å². The Morgan fingerprint density at radius 3 is 2.37 bits per heavy atom. The summed E-state index contributed by atoms with van der Waals surface area (Å²) in [4.78, 5) is 0. The first kappa shape index (κ1) is 15.5. The molecule has 0 saturated heterocycles. The number of rotatable bonds is 8. The topological polar surface area (TPSA) is 53.7 Å². The van der Waals surface area contributed by atoms with Crippen LogP contribution in [-0.2, 0) is 9.47 Å². The van der Waals surface area contributed by atoms with Gasteiger partial charge >= 0.3 is 0 Å². The molecule has 0 fully saturated rings. The van der Waals surface area contributed by atoms with Crippen LogP contribution >= 0.6 is 0 Å². The van der Waals surface area contributed by atoms with Crippen molar-refractivity contribution in [1.29, 1.82) is 0 Å². The molecule has 0 heterocycles. The van der Waals surface area contributed by atoms with E-state index >= 15 is 0 Å². The first-order valence-electron chi connectivity index (χ1n) is 6.44. The Morgan fingerprint density at radius 2 is 1.68 bits per heavy atom. The number of benzene rings is 1. The fourth-order valence-electron chi connectivity index (χ4n) is 1.37. The standard InChI is InChI=1S/C15H21NO3/c1-2-17-10-11-18-12-13-19-15-7-5-14(6-8-15)4-3-9-16/h5-8H,2,9-13,16H2,1H3. The molecule has 0 aromatic heterocycles. The third-order valence-electron chi connectivity index (χ3n) is 2.26. The molecule has 0 unspecified atom stereocenters. The summed E-state index contributed by atoms with van der Waals surface area (Å²) in [5, 5.41) is 0. The van der Waals surface area contributed by atoms with E-state index in [0.29, 0.717) is 33.0 Å². The van der Waals surface area contributed by atoms with Crippen LogP contribution in [0.5, 0.6) is 5.75 Å². The third kappa shape index (κ3) is 7.47. The van der Waals surface area contributed by atoms with Gasteiger partial charge < -0.3 is 19.9 Å². The lowest BCUT2D eigenvalue weighted by atomic mass is 10.2. The van der Waals surface area contributed by atoms with Crippen LogP contribution in [0.3, 0.4) is 0 Å². The van der Waals surface area contributed by atoms with Crippen molar-refractivity contribution in [2.24, 2.45) is 5.73 Å². The van der Waals surface area contributed by atoms with E-state index in [-0.39, 0.29) is 0 Å². The van der Waals surface area contributed by atoms with Gasteiger partial charge in [-0.1, -0.05) is 11.8 Å². The predicted molar refractivity (Wildman–Crippen MR) is 75.2 cm³/mol. The summed E-state index contributed by atoms with van der Waals surface area (Å²) in [6, 6.07) is 7.60. The van der Waals surface area contributed by atoms with E-state index in [2.05, 4.69) is 11.8 Å². The maximum absolute atomic E-state index is 5.53. The van der Waals surface area contributed by atoms with Gasteiger partial charge in [0.25, 0.3) is 0 Å². The molecule has 1 aromatic rings. The molecule has 4 nitrogen and oxygen atoms in total. The Hall–Kier alpha value is -1.54. The van der Waals surface area contributed by atoms with E-state index in [1.807, 2.05) is 31.2 Å². The second kappa shape index (κ2) is 10.4. The average molecular weight is 263 g/mol. The van der Waals surface area contributed by atoms with Crippen LogP contribution in [0.2, 0.25) is 0 Å². The fourth-order valence-corrected chi connectivity index (χ4v) is 1.37. The van der Waals surface area contributed by atoms with Gasteiger partial charge in [-0.3, -0.25) is 0 Å². The molecule has 0 bridgehead atoms. The molecule has 0 aliphatic carbocycles. The number of hydrogen-bond donors (Lipinski definition) is 1. The molecule has 4 heteroatoms. The molecule has 1 aromatic carbocycles. The minimum absolute atomic E-state index is 0.372. The smallest absolute Gasteiger partial charge is 0.119 e. The van der Waals surface area contributed by atoms with Crippen molar-refractivity contribution in [3.63, 3.8) is 0 Å². The second-order valence-corrected chi connectivity index (χ2v) is 3.69. The molecule has 0 saturated carbocycles. The Kier molecular flexibility index (Phi) is 8.48. The molecule has 0 atom stereocenters. The normalized spacial score (nSPS) is 9.79. The van der Waals surface area contributed by atoms with Crippen molar-refractivity contribution in [2.75, 3.05) is 39.6 Å². The summed E-state index contributed by atoms with van der Waals surface area (Å²) in [5.41, 5.74) is 6.25. The monoisotopic (exact) mass is 263 g/mol. The molecule has 0 aliphatic heterocycles. The second-order valence-electron chi connectivity index (χ2n) is 3.69. The Balaban J connectivity index is 2.16. The summed E-state index contributed by atoms with van der Waals surface area (Å²) in [6.07, 6.45) is 0. The number of hydrogen-bond acceptors (Lipinski definition) is 4. The Labute approximate surface area is 114 Å². The largest absolute Gasteiger partial charge is 0.491 e. The molecule has 0 amide bonds. The third-order valence-corrected chi connectivity index (χ3v) is 2.26. The zero-order valence-corrected chi connectivity index (χ0v) is 11.4. The van der Waals surface area contributed by atoms with Crippen molar-refractivity contribution < 1.29 is 14.2 Å². The fraction of sp³-hybridized carbons (Fsp3) is 0.467. The molecular weight excluding hydrogens is 242 g/mol. The van der Waals surface area contributed by atoms with Gasteiger partial charge in [-0.15, -0.1) is 0 Å². The SMILES string of the molecule is CCOCCOCCOc1ccc(C#CCN)cc1. The molecular formula is C15H21NO3. The lowest BCUT2D eigenvalue weighted by molar-refractivity contribution is 0.0405. The minimum atomic E-state index is 0.372. The average Bonchev–Trinajstić information content (AvgIpc) is 2.45. The maximum Gasteiger partial charge on any atom is 0.119 e. The first-order valence-corrected chi connectivity index (χ1v) is 6.44. The zero-order chi connectivity index (χ0) is 13.8. The van der Waals surface area contributed by atoms with Crippen molar-refractivity contribution in [3.05, 3.63) is 29.8 Å². The maximum atomic E-state index is 5.53. The van der Waals surface area contributed by atoms with Crippen LogP contribution in [0.4, 0.5) is 0 Å². The van der Waals surface area contributed by atoms with E-state index in [1.165, 1.54) is 0 Å². The molecule has 19 heavy (non-hydrogen) atoms. The summed E-state index contributed by atoms with van der Waals surface area (Å²) in [6.45, 7) is 5.37. The minimum Gasteiger partial charge on any atom is -0.491 e. The van der Waals surface area contributed by atoms with E-state index in [4.69, 9.17) is 19.9 Å². The van der Waals surface area contributed by atoms with Crippen LogP contribution in [0.1, 0.15) is 12.5 Å². The summed E-state index contributed by atoms with van der Waals surface area (Å²) in [7, 11) is 0. The first-order chi connectivity index (χ1) is 9.36. The van der Waals surface area contributed by atoms with Crippen LogP contribution < -0.4 is 10.5 Å². The van der Waals surface area contributed by atoms with Crippen LogP contribution in [0.15, 0.2) is 24.3 Å². The van der Waals surface area contributed by atoms with E-state index in [9.17, 15) is 0 Å². The number of nitrogens with two attached hydrogens (primary N) is 1. The van der Waals surface area contributed by atoms with Gasteiger partial charge in [-0.25, -0.2) is 0 Å². The summed E-state index contributed by atoms with van der Waals surface area (Å²) < 4.78 is 16.0. The Bertz CT molecular complexity index is 392. The highest BCUT2D eigenvalue weighted by molar-refractivity contribution is 5.38. The molecule has 2 N–H and O–H groups in total. The van der Waals surface area contributed by atoms with Gasteiger partial charge in [0, 0.05) is 12.2 Å². The molecule has 104 valence electrons.